The molecule has 0 spiro atoms. The van der Waals surface area contributed by atoms with E-state index in [4.69, 9.17) is 16.2 Å². The number of aromatic nitrogens is 5. The maximum atomic E-state index is 14.6. The summed E-state index contributed by atoms with van der Waals surface area (Å²) in [6.45, 7) is 3.75. The zero-order valence-corrected chi connectivity index (χ0v) is 17.3. The minimum absolute atomic E-state index is 0.0556. The Morgan fingerprint density at radius 3 is 2.61 bits per heavy atom. The summed E-state index contributed by atoms with van der Waals surface area (Å²) in [5.41, 5.74) is 12.2. The fourth-order valence-corrected chi connectivity index (χ4v) is 2.84. The van der Waals surface area contributed by atoms with Gasteiger partial charge in [0.05, 0.1) is 37.0 Å². The average molecular weight is 429 g/mol. The molecule has 6 N–H and O–H groups in total. The normalized spacial score (nSPS) is 12.8. The highest BCUT2D eigenvalue weighted by Crippen LogP contribution is 2.27. The predicted molar refractivity (Wildman–Crippen MR) is 113 cm³/mol. The van der Waals surface area contributed by atoms with Gasteiger partial charge >= 0.3 is 0 Å². The SMILES string of the molecule is CC[C@H](N)[C@@H](C)Nc1nc(Nc2cnc(OC)c(-n3nccn3)c2)c(C(N)=O)cc1F. The molecule has 0 radical (unpaired) electrons. The molecule has 0 unspecified atom stereocenters. The molecule has 0 aliphatic rings. The Morgan fingerprint density at radius 1 is 1.29 bits per heavy atom. The number of nitrogens with zero attached hydrogens (tertiary/aromatic N) is 5. The number of primary amides is 1. The number of anilines is 3. The first-order valence-electron chi connectivity index (χ1n) is 9.54. The number of hydrogen-bond donors (Lipinski definition) is 4. The molecule has 12 heteroatoms. The highest BCUT2D eigenvalue weighted by Gasteiger charge is 2.20. The quantitative estimate of drug-likeness (QED) is 0.396. The molecular weight excluding hydrogens is 405 g/mol. The lowest BCUT2D eigenvalue weighted by Gasteiger charge is -2.21. The van der Waals surface area contributed by atoms with Crippen LogP contribution in [-0.2, 0) is 0 Å². The van der Waals surface area contributed by atoms with Gasteiger partial charge in [-0.15, -0.1) is 4.80 Å². The highest BCUT2D eigenvalue weighted by molar-refractivity contribution is 5.98. The van der Waals surface area contributed by atoms with E-state index in [2.05, 4.69) is 30.8 Å². The molecule has 1 amide bonds. The van der Waals surface area contributed by atoms with E-state index in [0.717, 1.165) is 6.07 Å². The first-order valence-corrected chi connectivity index (χ1v) is 9.54. The molecule has 0 aliphatic carbocycles. The zero-order valence-electron chi connectivity index (χ0n) is 17.3. The van der Waals surface area contributed by atoms with Crippen molar-refractivity contribution in [2.75, 3.05) is 17.7 Å². The molecule has 0 fully saturated rings. The summed E-state index contributed by atoms with van der Waals surface area (Å²) in [5, 5.41) is 14.0. The van der Waals surface area contributed by atoms with Gasteiger partial charge in [0.25, 0.3) is 5.91 Å². The van der Waals surface area contributed by atoms with Gasteiger partial charge < -0.3 is 26.8 Å². The Morgan fingerprint density at radius 2 is 2.00 bits per heavy atom. The number of methoxy groups -OCH3 is 1. The third-order valence-electron chi connectivity index (χ3n) is 4.64. The number of pyridine rings is 2. The van der Waals surface area contributed by atoms with E-state index < -0.39 is 11.7 Å². The van der Waals surface area contributed by atoms with Crippen LogP contribution in [0.2, 0.25) is 0 Å². The lowest BCUT2D eigenvalue weighted by atomic mass is 10.1. The van der Waals surface area contributed by atoms with E-state index in [9.17, 15) is 9.18 Å². The topological polar surface area (TPSA) is 159 Å². The van der Waals surface area contributed by atoms with Crippen molar-refractivity contribution in [1.82, 2.24) is 25.0 Å². The molecule has 3 aromatic heterocycles. The Balaban J connectivity index is 1.99. The van der Waals surface area contributed by atoms with Crippen molar-refractivity contribution in [3.63, 3.8) is 0 Å². The van der Waals surface area contributed by atoms with Crippen molar-refractivity contribution < 1.29 is 13.9 Å². The second-order valence-electron chi connectivity index (χ2n) is 6.78. The van der Waals surface area contributed by atoms with E-state index in [-0.39, 0.29) is 35.2 Å². The van der Waals surface area contributed by atoms with E-state index in [1.807, 2.05) is 13.8 Å². The standard InChI is InChI=1S/C19H24FN9O2/c1-4-14(21)10(2)26-18-13(20)8-12(16(22)30)17(28-18)27-11-7-15(19(31-3)23-9-11)29-24-5-6-25-29/h5-10,14H,4,21H2,1-3H3,(H2,22,30)(H2,26,27,28)/t10-,14+/m1/s1. The molecule has 0 saturated heterocycles. The van der Waals surface area contributed by atoms with Gasteiger partial charge in [-0.1, -0.05) is 6.92 Å². The summed E-state index contributed by atoms with van der Waals surface area (Å²) in [6, 6.07) is 2.21. The van der Waals surface area contributed by atoms with Gasteiger partial charge in [-0.2, -0.15) is 10.2 Å². The summed E-state index contributed by atoms with van der Waals surface area (Å²) in [6.07, 6.45) is 5.17. The molecule has 164 valence electrons. The number of halogens is 1. The number of nitrogens with one attached hydrogen (secondary N) is 2. The van der Waals surface area contributed by atoms with Crippen LogP contribution in [-0.4, -0.2) is 50.1 Å². The molecule has 11 nitrogen and oxygen atoms in total. The van der Waals surface area contributed by atoms with Crippen LogP contribution in [0.1, 0.15) is 30.6 Å². The highest BCUT2D eigenvalue weighted by atomic mass is 19.1. The zero-order chi connectivity index (χ0) is 22.5. The van der Waals surface area contributed by atoms with Gasteiger partial charge in [0.2, 0.25) is 5.88 Å². The van der Waals surface area contributed by atoms with Gasteiger partial charge in [0.1, 0.15) is 11.5 Å². The Bertz CT molecular complexity index is 1060. The van der Waals surface area contributed by atoms with Crippen LogP contribution >= 0.6 is 0 Å². The van der Waals surface area contributed by atoms with Crippen LogP contribution in [0, 0.1) is 5.82 Å². The number of nitrogens with two attached hydrogens (primary N) is 2. The number of amides is 1. The monoisotopic (exact) mass is 429 g/mol. The van der Waals surface area contributed by atoms with Crippen molar-refractivity contribution in [3.8, 4) is 11.6 Å². The van der Waals surface area contributed by atoms with Gasteiger partial charge in [0, 0.05) is 12.1 Å². The van der Waals surface area contributed by atoms with Crippen LogP contribution in [0.4, 0.5) is 21.7 Å². The fraction of sp³-hybridized carbons (Fsp3) is 0.316. The molecule has 0 aromatic carbocycles. The molecule has 0 bridgehead atoms. The minimum Gasteiger partial charge on any atom is -0.479 e. The van der Waals surface area contributed by atoms with Gasteiger partial charge in [-0.05, 0) is 25.5 Å². The van der Waals surface area contributed by atoms with Crippen LogP contribution in [0.5, 0.6) is 5.88 Å². The summed E-state index contributed by atoms with van der Waals surface area (Å²) in [4.78, 5) is 21.6. The number of hydrogen-bond acceptors (Lipinski definition) is 9. The molecule has 0 aliphatic heterocycles. The summed E-state index contributed by atoms with van der Waals surface area (Å²) < 4.78 is 19.8. The summed E-state index contributed by atoms with van der Waals surface area (Å²) >= 11 is 0. The van der Waals surface area contributed by atoms with E-state index in [1.54, 1.807) is 6.07 Å². The maximum Gasteiger partial charge on any atom is 0.252 e. The molecule has 2 atom stereocenters. The van der Waals surface area contributed by atoms with Crippen molar-refractivity contribution >= 4 is 23.2 Å². The number of carbonyl (C=O) groups excluding carboxylic acids is 1. The van der Waals surface area contributed by atoms with E-state index >= 15 is 0 Å². The second kappa shape index (κ2) is 9.34. The van der Waals surface area contributed by atoms with Crippen LogP contribution in [0.3, 0.4) is 0 Å². The van der Waals surface area contributed by atoms with Crippen molar-refractivity contribution in [3.05, 3.63) is 42.1 Å². The molecular formula is C19H24FN9O2. The maximum absolute atomic E-state index is 14.6. The van der Waals surface area contributed by atoms with Crippen molar-refractivity contribution in [2.45, 2.75) is 32.4 Å². The smallest absolute Gasteiger partial charge is 0.252 e. The Hall–Kier alpha value is -3.80. The van der Waals surface area contributed by atoms with Crippen LogP contribution in [0.25, 0.3) is 5.69 Å². The summed E-state index contributed by atoms with van der Waals surface area (Å²) in [7, 11) is 1.47. The first-order chi connectivity index (χ1) is 14.8. The average Bonchev–Trinajstić information content (AvgIpc) is 3.29. The lowest BCUT2D eigenvalue weighted by molar-refractivity contribution is 0.100. The van der Waals surface area contributed by atoms with Crippen molar-refractivity contribution in [1.29, 1.82) is 0 Å². The fourth-order valence-electron chi connectivity index (χ4n) is 2.84. The number of ether oxygens (including phenoxy) is 1. The molecule has 31 heavy (non-hydrogen) atoms. The summed E-state index contributed by atoms with van der Waals surface area (Å²) in [5.74, 6) is -1.27. The van der Waals surface area contributed by atoms with Gasteiger partial charge in [-0.3, -0.25) is 4.79 Å². The van der Waals surface area contributed by atoms with E-state index in [0.29, 0.717) is 17.8 Å². The van der Waals surface area contributed by atoms with E-state index in [1.165, 1.54) is 30.5 Å². The van der Waals surface area contributed by atoms with Crippen molar-refractivity contribution in [2.24, 2.45) is 11.5 Å². The molecule has 3 rings (SSSR count). The van der Waals surface area contributed by atoms with Gasteiger partial charge in [-0.25, -0.2) is 14.4 Å². The molecule has 0 saturated carbocycles. The lowest BCUT2D eigenvalue weighted by Crippen LogP contribution is -2.38. The number of rotatable bonds is 9. The van der Waals surface area contributed by atoms with Crippen LogP contribution in [0.15, 0.2) is 30.7 Å². The Labute approximate surface area is 178 Å². The number of carbonyl (C=O) groups is 1. The largest absolute Gasteiger partial charge is 0.479 e. The van der Waals surface area contributed by atoms with Crippen LogP contribution < -0.4 is 26.8 Å². The molecule has 3 aromatic rings. The minimum atomic E-state index is -0.839. The Kier molecular flexibility index (Phi) is 6.60. The molecule has 3 heterocycles. The third-order valence-corrected chi connectivity index (χ3v) is 4.64. The predicted octanol–water partition coefficient (Wildman–Crippen LogP) is 1.59. The first kappa shape index (κ1) is 21.9. The van der Waals surface area contributed by atoms with Gasteiger partial charge in [0.15, 0.2) is 11.6 Å². The second-order valence-corrected chi connectivity index (χ2v) is 6.78. The third kappa shape index (κ3) is 4.86.